The number of benzene rings is 2. The Kier molecular flexibility index (Phi) is 6.81. The zero-order valence-electron chi connectivity index (χ0n) is 15.4. The number of carbonyl (C=O) groups is 1. The Morgan fingerprint density at radius 1 is 1.04 bits per heavy atom. The molecular formula is C22H28N2O2. The summed E-state index contributed by atoms with van der Waals surface area (Å²) in [5, 5.41) is 3.18. The van der Waals surface area contributed by atoms with Gasteiger partial charge in [-0.1, -0.05) is 48.5 Å². The molecule has 0 saturated carbocycles. The number of hydrogen-bond acceptors (Lipinski definition) is 4. The van der Waals surface area contributed by atoms with E-state index in [1.165, 1.54) is 32.5 Å². The number of anilines is 1. The van der Waals surface area contributed by atoms with Crippen LogP contribution in [0.4, 0.5) is 5.69 Å². The summed E-state index contributed by atoms with van der Waals surface area (Å²) in [7, 11) is 1.84. The van der Waals surface area contributed by atoms with Gasteiger partial charge in [-0.3, -0.25) is 0 Å². The Balaban J connectivity index is 0.000000167. The van der Waals surface area contributed by atoms with E-state index in [9.17, 15) is 4.79 Å². The molecule has 2 atom stereocenters. The molecule has 0 aliphatic carbocycles. The molecule has 0 spiro atoms. The first-order valence-electron chi connectivity index (χ1n) is 9.37. The number of ether oxygens (including phenoxy) is 1. The van der Waals surface area contributed by atoms with E-state index in [-0.39, 0.29) is 6.04 Å². The molecule has 0 amide bonds. The van der Waals surface area contributed by atoms with E-state index >= 15 is 0 Å². The molecule has 26 heavy (non-hydrogen) atoms. The van der Waals surface area contributed by atoms with Gasteiger partial charge in [-0.2, -0.15) is 0 Å². The van der Waals surface area contributed by atoms with Crippen molar-refractivity contribution < 1.29 is 9.53 Å². The van der Waals surface area contributed by atoms with Crippen molar-refractivity contribution in [2.45, 2.75) is 25.0 Å². The van der Waals surface area contributed by atoms with Gasteiger partial charge in [0.2, 0.25) is 0 Å². The highest BCUT2D eigenvalue weighted by Gasteiger charge is 2.33. The van der Waals surface area contributed by atoms with Gasteiger partial charge in [0.05, 0.1) is 6.10 Å². The Morgan fingerprint density at radius 3 is 2.12 bits per heavy atom. The van der Waals surface area contributed by atoms with Crippen molar-refractivity contribution >= 4 is 12.0 Å². The van der Waals surface area contributed by atoms with Crippen LogP contribution >= 0.6 is 0 Å². The highest BCUT2D eigenvalue weighted by Crippen LogP contribution is 2.28. The molecule has 2 unspecified atom stereocenters. The normalized spacial score (nSPS) is 24.9. The molecule has 0 aromatic heterocycles. The molecular weight excluding hydrogens is 324 g/mol. The third-order valence-corrected chi connectivity index (χ3v) is 5.29. The van der Waals surface area contributed by atoms with E-state index in [1.54, 1.807) is 0 Å². The molecule has 5 rings (SSSR count). The highest BCUT2D eigenvalue weighted by molar-refractivity contribution is 5.67. The number of fused-ring (bicyclic) bond motifs is 3. The summed E-state index contributed by atoms with van der Waals surface area (Å²) in [6, 6.07) is 19.1. The molecule has 2 aromatic rings. The quantitative estimate of drug-likeness (QED) is 0.832. The summed E-state index contributed by atoms with van der Waals surface area (Å²) in [4.78, 5) is 13.6. The second-order valence-electron chi connectivity index (χ2n) is 6.95. The molecule has 138 valence electrons. The molecule has 2 aromatic carbocycles. The fourth-order valence-corrected chi connectivity index (χ4v) is 3.75. The molecule has 4 nitrogen and oxygen atoms in total. The van der Waals surface area contributed by atoms with Gasteiger partial charge in [0, 0.05) is 19.3 Å². The molecule has 1 N–H and O–H groups in total. The van der Waals surface area contributed by atoms with Gasteiger partial charge in [-0.05, 0) is 49.5 Å². The van der Waals surface area contributed by atoms with E-state index in [2.05, 4.69) is 10.2 Å². The molecule has 3 aliphatic heterocycles. The van der Waals surface area contributed by atoms with Crippen LogP contribution in [0.25, 0.3) is 0 Å². The smallest absolute Gasteiger partial charge is 0.146 e. The van der Waals surface area contributed by atoms with Crippen molar-refractivity contribution in [3.05, 3.63) is 66.2 Å². The first-order chi connectivity index (χ1) is 12.8. The molecule has 3 aliphatic rings. The zero-order valence-corrected chi connectivity index (χ0v) is 15.4. The highest BCUT2D eigenvalue weighted by atomic mass is 16.5. The monoisotopic (exact) mass is 352 g/mol. The van der Waals surface area contributed by atoms with Crippen LogP contribution in [-0.2, 0) is 9.53 Å². The molecule has 4 heteroatoms. The van der Waals surface area contributed by atoms with Crippen LogP contribution in [0.1, 0.15) is 24.4 Å². The van der Waals surface area contributed by atoms with Crippen LogP contribution in [-0.4, -0.2) is 44.0 Å². The maximum Gasteiger partial charge on any atom is 0.146 e. The lowest BCUT2D eigenvalue weighted by molar-refractivity contribution is -0.108. The number of piperidine rings is 3. The zero-order chi connectivity index (χ0) is 18.2. The summed E-state index contributed by atoms with van der Waals surface area (Å²) in [5.74, 6) is 0.870. The average Bonchev–Trinajstić information content (AvgIpc) is 2.74. The Labute approximate surface area is 156 Å². The molecule has 3 heterocycles. The number of nitrogens with zero attached hydrogens (tertiary/aromatic N) is 1. The van der Waals surface area contributed by atoms with Crippen LogP contribution in [0.5, 0.6) is 0 Å². The number of methoxy groups -OCH3 is 1. The minimum absolute atomic E-state index is 0.288. The number of nitrogens with one attached hydrogen (secondary N) is 1. The lowest BCUT2D eigenvalue weighted by atomic mass is 9.86. The van der Waals surface area contributed by atoms with Crippen molar-refractivity contribution in [2.24, 2.45) is 5.92 Å². The first-order valence-corrected chi connectivity index (χ1v) is 9.37. The summed E-state index contributed by atoms with van der Waals surface area (Å²) in [6.45, 7) is 3.80. The topological polar surface area (TPSA) is 41.6 Å². The molecule has 3 fully saturated rings. The lowest BCUT2D eigenvalue weighted by Crippen LogP contribution is -2.50. The van der Waals surface area contributed by atoms with Gasteiger partial charge in [-0.15, -0.1) is 0 Å². The second-order valence-corrected chi connectivity index (χ2v) is 6.95. The summed E-state index contributed by atoms with van der Waals surface area (Å²) in [5.41, 5.74) is 1.92. The van der Waals surface area contributed by atoms with E-state index in [1.807, 2.05) is 67.8 Å². The fraction of sp³-hybridized carbons (Fsp3) is 0.409. The van der Waals surface area contributed by atoms with Crippen molar-refractivity contribution in [1.29, 1.82) is 0 Å². The molecule has 3 saturated heterocycles. The van der Waals surface area contributed by atoms with Crippen LogP contribution < -0.4 is 5.32 Å². The number of aldehydes is 1. The van der Waals surface area contributed by atoms with Gasteiger partial charge in [0.15, 0.2) is 0 Å². The number of rotatable bonds is 5. The van der Waals surface area contributed by atoms with E-state index in [0.29, 0.717) is 6.10 Å². The Morgan fingerprint density at radius 2 is 1.65 bits per heavy atom. The third kappa shape index (κ3) is 4.93. The maximum atomic E-state index is 11.0. The van der Waals surface area contributed by atoms with Crippen LogP contribution in [0, 0.1) is 5.92 Å². The lowest BCUT2D eigenvalue weighted by Gasteiger charge is -2.43. The van der Waals surface area contributed by atoms with Crippen molar-refractivity contribution in [3.8, 4) is 0 Å². The Hall–Kier alpha value is -2.17. The summed E-state index contributed by atoms with van der Waals surface area (Å²) in [6.07, 6.45) is 4.18. The first kappa shape index (κ1) is 18.6. The second kappa shape index (κ2) is 9.51. The van der Waals surface area contributed by atoms with Gasteiger partial charge in [0.1, 0.15) is 12.3 Å². The fourth-order valence-electron chi connectivity index (χ4n) is 3.75. The number of carbonyl (C=O) groups excluding carboxylic acids is 1. The maximum absolute atomic E-state index is 11.0. The molecule has 2 bridgehead atoms. The Bertz CT molecular complexity index is 654. The van der Waals surface area contributed by atoms with Crippen molar-refractivity contribution in [1.82, 2.24) is 4.90 Å². The van der Waals surface area contributed by atoms with E-state index in [0.717, 1.165) is 23.5 Å². The third-order valence-electron chi connectivity index (χ3n) is 5.29. The predicted molar refractivity (Wildman–Crippen MR) is 105 cm³/mol. The number of para-hydroxylation sites is 1. The van der Waals surface area contributed by atoms with Crippen LogP contribution in [0.15, 0.2) is 60.7 Å². The average molecular weight is 352 g/mol. The van der Waals surface area contributed by atoms with E-state index in [4.69, 9.17) is 4.74 Å². The van der Waals surface area contributed by atoms with Gasteiger partial charge in [0.25, 0.3) is 0 Å². The number of hydrogen-bond donors (Lipinski definition) is 1. The standard InChI is InChI=1S/C14H13NO.C8H15NO/c16-11-14(12-7-3-1-4-8-12)15-13-9-5-2-6-10-13;1-10-8-6-9-4-2-7(8)3-5-9/h1-11,14-15H;7-8H,2-6H2,1H3. The van der Waals surface area contributed by atoms with Crippen molar-refractivity contribution in [3.63, 3.8) is 0 Å². The molecule has 0 radical (unpaired) electrons. The predicted octanol–water partition coefficient (Wildman–Crippen LogP) is 3.77. The largest absolute Gasteiger partial charge is 0.380 e. The SMILES string of the molecule is COC1CN2CCC1CC2.O=CC(Nc1ccccc1)c1ccccc1. The minimum Gasteiger partial charge on any atom is -0.380 e. The van der Waals surface area contributed by atoms with Crippen LogP contribution in [0.2, 0.25) is 0 Å². The van der Waals surface area contributed by atoms with Gasteiger partial charge in [-0.25, -0.2) is 0 Å². The minimum atomic E-state index is -0.288. The summed E-state index contributed by atoms with van der Waals surface area (Å²) >= 11 is 0. The van der Waals surface area contributed by atoms with Crippen LogP contribution in [0.3, 0.4) is 0 Å². The summed E-state index contributed by atoms with van der Waals surface area (Å²) < 4.78 is 5.38. The van der Waals surface area contributed by atoms with Gasteiger partial charge < -0.3 is 19.7 Å². The van der Waals surface area contributed by atoms with Gasteiger partial charge >= 0.3 is 0 Å². The van der Waals surface area contributed by atoms with Crippen molar-refractivity contribution in [2.75, 3.05) is 32.1 Å². The van der Waals surface area contributed by atoms with E-state index < -0.39 is 0 Å².